The predicted molar refractivity (Wildman–Crippen MR) is 53.7 cm³/mol. The van der Waals surface area contributed by atoms with Crippen molar-refractivity contribution in [2.45, 2.75) is 38.8 Å². The molecule has 0 N–H and O–H groups in total. The van der Waals surface area contributed by atoms with E-state index in [0.717, 1.165) is 0 Å². The highest BCUT2D eigenvalue weighted by Crippen LogP contribution is 2.33. The molecule has 13 heavy (non-hydrogen) atoms. The van der Waals surface area contributed by atoms with Gasteiger partial charge in [0.2, 0.25) is 0 Å². The van der Waals surface area contributed by atoms with Gasteiger partial charge in [0, 0.05) is 6.04 Å². The van der Waals surface area contributed by atoms with Gasteiger partial charge >= 0.3 is 0 Å². The molecule has 0 aliphatic carbocycles. The van der Waals surface area contributed by atoms with Crippen LogP contribution in [0.5, 0.6) is 0 Å². The molecule has 1 fully saturated rings. The summed E-state index contributed by atoms with van der Waals surface area (Å²) in [7, 11) is 0. The Labute approximate surface area is 83.0 Å². The standard InChI is InChI=1S/C9H15N3S/c1-7(2)12-5-3-4-8(12)9-10-6-11-13-9/h6-8H,3-5H2,1-2H3/t8-/m0/s1. The highest BCUT2D eigenvalue weighted by molar-refractivity contribution is 7.05. The molecule has 1 aromatic rings. The maximum absolute atomic E-state index is 4.30. The second kappa shape index (κ2) is 3.72. The maximum atomic E-state index is 4.30. The van der Waals surface area contributed by atoms with E-state index in [2.05, 4.69) is 28.1 Å². The van der Waals surface area contributed by atoms with E-state index in [-0.39, 0.29) is 0 Å². The van der Waals surface area contributed by atoms with E-state index in [4.69, 9.17) is 0 Å². The molecule has 2 rings (SSSR count). The van der Waals surface area contributed by atoms with Crippen molar-refractivity contribution in [2.75, 3.05) is 6.54 Å². The first-order valence-corrected chi connectivity index (χ1v) is 5.58. The van der Waals surface area contributed by atoms with Gasteiger partial charge in [-0.3, -0.25) is 4.90 Å². The van der Waals surface area contributed by atoms with Crippen molar-refractivity contribution in [2.24, 2.45) is 0 Å². The summed E-state index contributed by atoms with van der Waals surface area (Å²) in [5, 5.41) is 1.19. The van der Waals surface area contributed by atoms with E-state index >= 15 is 0 Å². The Hall–Kier alpha value is -0.480. The number of rotatable bonds is 2. The average Bonchev–Trinajstić information content (AvgIpc) is 2.74. The lowest BCUT2D eigenvalue weighted by atomic mass is 10.2. The monoisotopic (exact) mass is 197 g/mol. The third-order valence-electron chi connectivity index (χ3n) is 2.62. The minimum atomic E-state index is 0.535. The summed E-state index contributed by atoms with van der Waals surface area (Å²) >= 11 is 1.54. The van der Waals surface area contributed by atoms with Crippen LogP contribution < -0.4 is 0 Å². The Bertz CT molecular complexity index is 258. The molecule has 0 spiro atoms. The van der Waals surface area contributed by atoms with Crippen LogP contribution in [-0.2, 0) is 0 Å². The Kier molecular flexibility index (Phi) is 2.60. The molecule has 1 aliphatic rings. The highest BCUT2D eigenvalue weighted by atomic mass is 32.1. The van der Waals surface area contributed by atoms with Crippen molar-refractivity contribution >= 4 is 11.5 Å². The molecule has 2 heterocycles. The first kappa shape index (κ1) is 9.09. The van der Waals surface area contributed by atoms with Crippen LogP contribution in [0.25, 0.3) is 0 Å². The van der Waals surface area contributed by atoms with Crippen molar-refractivity contribution in [3.05, 3.63) is 11.3 Å². The Morgan fingerprint density at radius 2 is 2.46 bits per heavy atom. The van der Waals surface area contributed by atoms with Crippen LogP contribution in [0.1, 0.15) is 37.7 Å². The highest BCUT2D eigenvalue weighted by Gasteiger charge is 2.29. The zero-order valence-corrected chi connectivity index (χ0v) is 8.92. The smallest absolute Gasteiger partial charge is 0.130 e. The third-order valence-corrected chi connectivity index (χ3v) is 3.39. The molecule has 1 saturated heterocycles. The molecule has 0 saturated carbocycles. The van der Waals surface area contributed by atoms with Crippen LogP contribution >= 0.6 is 11.5 Å². The number of hydrogen-bond acceptors (Lipinski definition) is 4. The van der Waals surface area contributed by atoms with Gasteiger partial charge in [-0.25, -0.2) is 4.98 Å². The van der Waals surface area contributed by atoms with Crippen LogP contribution in [0.4, 0.5) is 0 Å². The van der Waals surface area contributed by atoms with Crippen LogP contribution in [-0.4, -0.2) is 26.8 Å². The molecule has 4 heteroatoms. The number of likely N-dealkylation sites (tertiary alicyclic amines) is 1. The van der Waals surface area contributed by atoms with Crippen molar-refractivity contribution in [3.63, 3.8) is 0 Å². The van der Waals surface area contributed by atoms with Crippen molar-refractivity contribution < 1.29 is 0 Å². The predicted octanol–water partition coefficient (Wildman–Crippen LogP) is 2.08. The lowest BCUT2D eigenvalue weighted by Crippen LogP contribution is -2.30. The number of nitrogens with zero attached hydrogens (tertiary/aromatic N) is 3. The van der Waals surface area contributed by atoms with Crippen LogP contribution in [0, 0.1) is 0 Å². The summed E-state index contributed by atoms with van der Waals surface area (Å²) in [6.45, 7) is 5.71. The second-order valence-electron chi connectivity index (χ2n) is 3.77. The summed E-state index contributed by atoms with van der Waals surface area (Å²) in [6, 6.07) is 1.16. The minimum absolute atomic E-state index is 0.535. The Morgan fingerprint density at radius 1 is 1.62 bits per heavy atom. The summed E-state index contributed by atoms with van der Waals surface area (Å²) in [6.07, 6.45) is 4.20. The van der Waals surface area contributed by atoms with Gasteiger partial charge in [-0.15, -0.1) is 0 Å². The van der Waals surface area contributed by atoms with E-state index in [1.807, 2.05) is 0 Å². The molecule has 0 amide bonds. The Morgan fingerprint density at radius 3 is 3.08 bits per heavy atom. The van der Waals surface area contributed by atoms with E-state index in [9.17, 15) is 0 Å². The first-order valence-electron chi connectivity index (χ1n) is 4.81. The van der Waals surface area contributed by atoms with E-state index in [1.54, 1.807) is 6.33 Å². The van der Waals surface area contributed by atoms with Crippen molar-refractivity contribution in [1.82, 2.24) is 14.3 Å². The van der Waals surface area contributed by atoms with Gasteiger partial charge < -0.3 is 0 Å². The fourth-order valence-corrected chi connectivity index (χ4v) is 2.67. The molecular formula is C9H15N3S. The molecule has 1 aliphatic heterocycles. The lowest BCUT2D eigenvalue weighted by Gasteiger charge is -2.26. The van der Waals surface area contributed by atoms with Crippen molar-refractivity contribution in [1.29, 1.82) is 0 Å². The van der Waals surface area contributed by atoms with Crippen LogP contribution in [0.2, 0.25) is 0 Å². The minimum Gasteiger partial charge on any atom is -0.292 e. The topological polar surface area (TPSA) is 29.0 Å². The molecule has 72 valence electrons. The van der Waals surface area contributed by atoms with E-state index < -0.39 is 0 Å². The lowest BCUT2D eigenvalue weighted by molar-refractivity contribution is 0.205. The maximum Gasteiger partial charge on any atom is 0.130 e. The molecule has 3 nitrogen and oxygen atoms in total. The summed E-state index contributed by atoms with van der Waals surface area (Å²) in [4.78, 5) is 6.81. The van der Waals surface area contributed by atoms with Gasteiger partial charge in [-0.2, -0.15) is 4.37 Å². The van der Waals surface area contributed by atoms with E-state index in [0.29, 0.717) is 12.1 Å². The SMILES string of the molecule is CC(C)N1CCC[C@H]1c1ncns1. The molecule has 0 unspecified atom stereocenters. The zero-order chi connectivity index (χ0) is 9.26. The van der Waals surface area contributed by atoms with Gasteiger partial charge in [0.25, 0.3) is 0 Å². The second-order valence-corrected chi connectivity index (χ2v) is 4.58. The molecule has 0 radical (unpaired) electrons. The van der Waals surface area contributed by atoms with Gasteiger partial charge in [-0.1, -0.05) is 0 Å². The fraction of sp³-hybridized carbons (Fsp3) is 0.778. The summed E-state index contributed by atoms with van der Waals surface area (Å²) in [5.41, 5.74) is 0. The molecule has 0 aromatic carbocycles. The summed E-state index contributed by atoms with van der Waals surface area (Å²) in [5.74, 6) is 0. The normalized spacial score (nSPS) is 24.4. The molecule has 1 aromatic heterocycles. The van der Waals surface area contributed by atoms with Crippen LogP contribution in [0.15, 0.2) is 6.33 Å². The summed E-state index contributed by atoms with van der Waals surface area (Å²) < 4.78 is 4.06. The number of hydrogen-bond donors (Lipinski definition) is 0. The van der Waals surface area contributed by atoms with E-state index in [1.165, 1.54) is 35.9 Å². The largest absolute Gasteiger partial charge is 0.292 e. The van der Waals surface area contributed by atoms with Gasteiger partial charge in [0.1, 0.15) is 11.3 Å². The van der Waals surface area contributed by atoms with Crippen molar-refractivity contribution in [3.8, 4) is 0 Å². The first-order chi connectivity index (χ1) is 6.29. The molecular weight excluding hydrogens is 182 g/mol. The average molecular weight is 197 g/mol. The van der Waals surface area contributed by atoms with Gasteiger partial charge in [0.05, 0.1) is 6.04 Å². The third kappa shape index (κ3) is 1.74. The number of aromatic nitrogens is 2. The Balaban J connectivity index is 2.14. The van der Waals surface area contributed by atoms with Gasteiger partial charge in [0.15, 0.2) is 0 Å². The molecule has 0 bridgehead atoms. The zero-order valence-electron chi connectivity index (χ0n) is 8.10. The van der Waals surface area contributed by atoms with Gasteiger partial charge in [-0.05, 0) is 44.8 Å². The fourth-order valence-electron chi connectivity index (χ4n) is 2.00. The quantitative estimate of drug-likeness (QED) is 0.727. The molecule has 1 atom stereocenters. The van der Waals surface area contributed by atoms with Crippen LogP contribution in [0.3, 0.4) is 0 Å².